The fourth-order valence-electron chi connectivity index (χ4n) is 2.03. The fourth-order valence-corrected chi connectivity index (χ4v) is 3.20. The summed E-state index contributed by atoms with van der Waals surface area (Å²) in [6.45, 7) is 5.62. The largest absolute Gasteiger partial charge is 0.478 e. The highest BCUT2D eigenvalue weighted by atomic mass is 32.1. The molecule has 0 spiro atoms. The lowest BCUT2D eigenvalue weighted by molar-refractivity contribution is -0.114. The van der Waals surface area contributed by atoms with Gasteiger partial charge in [-0.2, -0.15) is 0 Å². The smallest absolute Gasteiger partial charge is 0.339 e. The molecule has 0 fully saturated rings. The van der Waals surface area contributed by atoms with Gasteiger partial charge in [-0.1, -0.05) is 0 Å². The molecule has 18 heavy (non-hydrogen) atoms. The SMILES string of the molecule is CC(=O)Nc1sc2c(c1C(=O)O)CC(C)(C)OC2. The van der Waals surface area contributed by atoms with E-state index in [2.05, 4.69) is 5.32 Å². The molecule has 0 saturated heterocycles. The number of ether oxygens (including phenoxy) is 1. The molecule has 2 N–H and O–H groups in total. The van der Waals surface area contributed by atoms with Crippen molar-refractivity contribution in [2.75, 3.05) is 5.32 Å². The Morgan fingerprint density at radius 3 is 2.67 bits per heavy atom. The predicted molar refractivity (Wildman–Crippen MR) is 68.2 cm³/mol. The average Bonchev–Trinajstić information content (AvgIpc) is 2.52. The Bertz CT molecular complexity index is 518. The number of hydrogen-bond donors (Lipinski definition) is 2. The van der Waals surface area contributed by atoms with Gasteiger partial charge in [-0.15, -0.1) is 11.3 Å². The number of nitrogens with one attached hydrogen (secondary N) is 1. The summed E-state index contributed by atoms with van der Waals surface area (Å²) in [5.74, 6) is -1.27. The summed E-state index contributed by atoms with van der Waals surface area (Å²) in [5, 5.41) is 12.3. The molecule has 0 radical (unpaired) electrons. The number of carboxylic acids is 1. The highest BCUT2D eigenvalue weighted by molar-refractivity contribution is 7.17. The highest BCUT2D eigenvalue weighted by Crippen LogP contribution is 2.40. The van der Waals surface area contributed by atoms with E-state index in [0.717, 1.165) is 10.4 Å². The Balaban J connectivity index is 2.49. The van der Waals surface area contributed by atoms with Gasteiger partial charge in [0.15, 0.2) is 0 Å². The zero-order valence-corrected chi connectivity index (χ0v) is 11.3. The third-order valence-corrected chi connectivity index (χ3v) is 3.91. The number of anilines is 1. The summed E-state index contributed by atoms with van der Waals surface area (Å²) in [5.41, 5.74) is 0.625. The number of fused-ring (bicyclic) bond motifs is 1. The van der Waals surface area contributed by atoms with E-state index in [9.17, 15) is 14.7 Å². The van der Waals surface area contributed by atoms with Crippen molar-refractivity contribution >= 4 is 28.2 Å². The van der Waals surface area contributed by atoms with Crippen molar-refractivity contribution < 1.29 is 19.4 Å². The number of rotatable bonds is 2. The van der Waals surface area contributed by atoms with Crippen molar-refractivity contribution in [2.45, 2.75) is 39.4 Å². The molecule has 0 unspecified atom stereocenters. The number of aromatic carboxylic acids is 1. The minimum Gasteiger partial charge on any atom is -0.478 e. The van der Waals surface area contributed by atoms with Gasteiger partial charge in [-0.05, 0) is 19.4 Å². The first-order chi connectivity index (χ1) is 8.30. The molecule has 2 rings (SSSR count). The fraction of sp³-hybridized carbons (Fsp3) is 0.500. The van der Waals surface area contributed by atoms with Crippen LogP contribution < -0.4 is 5.32 Å². The summed E-state index contributed by atoms with van der Waals surface area (Å²) in [4.78, 5) is 23.3. The van der Waals surface area contributed by atoms with Crippen LogP contribution >= 0.6 is 11.3 Å². The normalized spacial score (nSPS) is 17.1. The highest BCUT2D eigenvalue weighted by Gasteiger charge is 2.33. The molecule has 0 bridgehead atoms. The third kappa shape index (κ3) is 2.39. The molecular formula is C12H15NO4S. The molecule has 98 valence electrons. The predicted octanol–water partition coefficient (Wildman–Crippen LogP) is 2.26. The minimum absolute atomic E-state index is 0.210. The van der Waals surface area contributed by atoms with E-state index in [0.29, 0.717) is 18.0 Å². The first kappa shape index (κ1) is 13.0. The van der Waals surface area contributed by atoms with Gasteiger partial charge in [0.2, 0.25) is 5.91 Å². The van der Waals surface area contributed by atoms with Crippen LogP contribution in [0, 0.1) is 0 Å². The molecule has 1 aromatic rings. The van der Waals surface area contributed by atoms with E-state index in [1.165, 1.54) is 18.3 Å². The number of carboxylic acid groups (broad SMARTS) is 1. The zero-order chi connectivity index (χ0) is 13.5. The van der Waals surface area contributed by atoms with Crippen molar-refractivity contribution in [3.05, 3.63) is 16.0 Å². The van der Waals surface area contributed by atoms with E-state index in [1.807, 2.05) is 13.8 Å². The van der Waals surface area contributed by atoms with Crippen molar-refractivity contribution in [1.82, 2.24) is 0 Å². The van der Waals surface area contributed by atoms with Crippen LogP contribution in [-0.4, -0.2) is 22.6 Å². The Hall–Kier alpha value is -1.40. The molecule has 1 aliphatic heterocycles. The zero-order valence-electron chi connectivity index (χ0n) is 10.5. The molecule has 6 heteroatoms. The molecule has 5 nitrogen and oxygen atoms in total. The standard InChI is InChI=1S/C12H15NO4S/c1-6(14)13-10-9(11(15)16)7-4-12(2,3)17-5-8(7)18-10/h4-5H2,1-3H3,(H,13,14)(H,15,16). The van der Waals surface area contributed by atoms with Crippen LogP contribution in [0.5, 0.6) is 0 Å². The summed E-state index contributed by atoms with van der Waals surface area (Å²) < 4.78 is 5.65. The second kappa shape index (κ2) is 4.37. The van der Waals surface area contributed by atoms with Crippen molar-refractivity contribution in [2.24, 2.45) is 0 Å². The van der Waals surface area contributed by atoms with Crippen LogP contribution in [0.15, 0.2) is 0 Å². The average molecular weight is 269 g/mol. The lowest BCUT2D eigenvalue weighted by atomic mass is 9.93. The summed E-state index contributed by atoms with van der Waals surface area (Å²) in [7, 11) is 0. The van der Waals surface area contributed by atoms with Gasteiger partial charge < -0.3 is 15.2 Å². The van der Waals surface area contributed by atoms with Gasteiger partial charge in [0.25, 0.3) is 0 Å². The van der Waals surface area contributed by atoms with Crippen molar-refractivity contribution in [3.63, 3.8) is 0 Å². The van der Waals surface area contributed by atoms with E-state index in [1.54, 1.807) is 0 Å². The topological polar surface area (TPSA) is 75.6 Å². The van der Waals surface area contributed by atoms with Crippen LogP contribution in [0.3, 0.4) is 0 Å². The van der Waals surface area contributed by atoms with Gasteiger partial charge in [-0.25, -0.2) is 4.79 Å². The maximum atomic E-state index is 11.4. The number of thiophene rings is 1. The molecule has 0 atom stereocenters. The molecule has 1 aromatic heterocycles. The van der Waals surface area contributed by atoms with Crippen LogP contribution in [0.1, 0.15) is 41.6 Å². The first-order valence-electron chi connectivity index (χ1n) is 5.59. The molecule has 1 amide bonds. The molecule has 1 aliphatic rings. The number of hydrogen-bond acceptors (Lipinski definition) is 4. The van der Waals surface area contributed by atoms with Gasteiger partial charge in [0.05, 0.1) is 17.8 Å². The molecule has 2 heterocycles. The Kier molecular flexibility index (Phi) is 3.16. The van der Waals surface area contributed by atoms with Crippen molar-refractivity contribution in [3.8, 4) is 0 Å². The number of carbonyl (C=O) groups excluding carboxylic acids is 1. The Morgan fingerprint density at radius 1 is 1.44 bits per heavy atom. The summed E-state index contributed by atoms with van der Waals surface area (Å²) in [6, 6.07) is 0. The second-order valence-corrected chi connectivity index (χ2v) is 6.02. The third-order valence-electron chi connectivity index (χ3n) is 2.79. The summed E-state index contributed by atoms with van der Waals surface area (Å²) in [6.07, 6.45) is 0.542. The molecule has 0 aliphatic carbocycles. The second-order valence-electron chi connectivity index (χ2n) is 4.92. The van der Waals surface area contributed by atoms with Gasteiger partial charge in [-0.3, -0.25) is 4.79 Å². The van der Waals surface area contributed by atoms with E-state index in [-0.39, 0.29) is 17.1 Å². The summed E-state index contributed by atoms with van der Waals surface area (Å²) >= 11 is 1.28. The molecule has 0 aromatic carbocycles. The van der Waals surface area contributed by atoms with Gasteiger partial charge in [0, 0.05) is 18.2 Å². The molecule has 0 saturated carbocycles. The van der Waals surface area contributed by atoms with Gasteiger partial charge in [0.1, 0.15) is 5.00 Å². The Morgan fingerprint density at radius 2 is 2.11 bits per heavy atom. The number of carbonyl (C=O) groups is 2. The number of amides is 1. The Labute approximate surface area is 109 Å². The maximum absolute atomic E-state index is 11.4. The maximum Gasteiger partial charge on any atom is 0.339 e. The van der Waals surface area contributed by atoms with Crippen LogP contribution in [0.2, 0.25) is 0 Å². The minimum atomic E-state index is -1.01. The van der Waals surface area contributed by atoms with Crippen molar-refractivity contribution in [1.29, 1.82) is 0 Å². The van der Waals surface area contributed by atoms with E-state index >= 15 is 0 Å². The lowest BCUT2D eigenvalue weighted by Gasteiger charge is -2.30. The monoisotopic (exact) mass is 269 g/mol. The van der Waals surface area contributed by atoms with Crippen LogP contribution in [0.25, 0.3) is 0 Å². The molecular weight excluding hydrogens is 254 g/mol. The van der Waals surface area contributed by atoms with Gasteiger partial charge >= 0.3 is 5.97 Å². The lowest BCUT2D eigenvalue weighted by Crippen LogP contribution is -2.31. The van der Waals surface area contributed by atoms with Crippen LogP contribution in [-0.2, 0) is 22.6 Å². The quantitative estimate of drug-likeness (QED) is 0.863. The van der Waals surface area contributed by atoms with E-state index < -0.39 is 5.97 Å². The van der Waals surface area contributed by atoms with E-state index in [4.69, 9.17) is 4.74 Å². The first-order valence-corrected chi connectivity index (χ1v) is 6.41. The van der Waals surface area contributed by atoms with Crippen LogP contribution in [0.4, 0.5) is 5.00 Å².